The van der Waals surface area contributed by atoms with Gasteiger partial charge in [0.25, 0.3) is 11.8 Å². The summed E-state index contributed by atoms with van der Waals surface area (Å²) in [6.45, 7) is 2.14. The van der Waals surface area contributed by atoms with Crippen LogP contribution in [0, 0.1) is 19.3 Å². The molecule has 0 radical (unpaired) electrons. The summed E-state index contributed by atoms with van der Waals surface area (Å²) in [5.41, 5.74) is 2.16. The van der Waals surface area contributed by atoms with E-state index in [1.54, 1.807) is 36.4 Å². The number of terminal acetylenes is 1. The summed E-state index contributed by atoms with van der Waals surface area (Å²) in [5, 5.41) is 7.97. The van der Waals surface area contributed by atoms with E-state index in [0.29, 0.717) is 16.8 Å². The highest BCUT2D eigenvalue weighted by atomic mass is 16.2. The maximum atomic E-state index is 12.2. The van der Waals surface area contributed by atoms with Crippen LogP contribution in [-0.4, -0.2) is 30.8 Å². The second kappa shape index (κ2) is 9.78. The fourth-order valence-electron chi connectivity index (χ4n) is 2.44. The number of rotatable bonds is 7. The maximum absolute atomic E-state index is 12.2. The lowest BCUT2D eigenvalue weighted by atomic mass is 10.1. The van der Waals surface area contributed by atoms with Crippen LogP contribution in [0.3, 0.4) is 0 Å². The lowest BCUT2D eigenvalue weighted by molar-refractivity contribution is -0.116. The van der Waals surface area contributed by atoms with E-state index >= 15 is 0 Å². The molecule has 0 atom stereocenters. The van der Waals surface area contributed by atoms with Crippen molar-refractivity contribution in [3.8, 4) is 12.3 Å². The molecule has 3 amide bonds. The van der Waals surface area contributed by atoms with Crippen molar-refractivity contribution < 1.29 is 14.4 Å². The van der Waals surface area contributed by atoms with Gasteiger partial charge in [0.1, 0.15) is 0 Å². The van der Waals surface area contributed by atoms with E-state index in [0.717, 1.165) is 5.56 Å². The lowest BCUT2D eigenvalue weighted by Crippen LogP contribution is -2.29. The number of carbonyl (C=O) groups excluding carboxylic acids is 3. The summed E-state index contributed by atoms with van der Waals surface area (Å²) in [7, 11) is 0. The molecule has 138 valence electrons. The highest BCUT2D eigenvalue weighted by molar-refractivity contribution is 6.04. The van der Waals surface area contributed by atoms with Gasteiger partial charge in [-0.05, 0) is 30.7 Å². The third-order valence-electron chi connectivity index (χ3n) is 3.82. The fraction of sp³-hybridized carbons (Fsp3) is 0.190. The van der Waals surface area contributed by atoms with Crippen molar-refractivity contribution in [1.29, 1.82) is 0 Å². The first kappa shape index (κ1) is 19.7. The molecular formula is C21H21N3O3. The van der Waals surface area contributed by atoms with Gasteiger partial charge < -0.3 is 16.0 Å². The second-order valence-corrected chi connectivity index (χ2v) is 5.80. The van der Waals surface area contributed by atoms with Gasteiger partial charge in [0.2, 0.25) is 5.91 Å². The molecule has 0 aromatic heterocycles. The number of benzene rings is 2. The smallest absolute Gasteiger partial charge is 0.254 e. The number of amides is 3. The molecule has 0 fully saturated rings. The summed E-state index contributed by atoms with van der Waals surface area (Å²) in [5.74, 6) is 1.43. The van der Waals surface area contributed by atoms with Crippen molar-refractivity contribution in [2.45, 2.75) is 13.3 Å². The van der Waals surface area contributed by atoms with Crippen molar-refractivity contribution in [2.75, 3.05) is 18.4 Å². The molecule has 0 saturated heterocycles. The van der Waals surface area contributed by atoms with Gasteiger partial charge in [-0.3, -0.25) is 14.4 Å². The average Bonchev–Trinajstić information content (AvgIpc) is 2.66. The minimum absolute atomic E-state index is 0.0813. The minimum atomic E-state index is -0.364. The van der Waals surface area contributed by atoms with Crippen molar-refractivity contribution in [2.24, 2.45) is 0 Å². The van der Waals surface area contributed by atoms with Crippen LogP contribution in [0.25, 0.3) is 0 Å². The van der Waals surface area contributed by atoms with Gasteiger partial charge in [0.15, 0.2) is 0 Å². The number of aryl methyl sites for hydroxylation is 1. The van der Waals surface area contributed by atoms with Crippen LogP contribution >= 0.6 is 0 Å². The van der Waals surface area contributed by atoms with Gasteiger partial charge >= 0.3 is 0 Å². The normalized spacial score (nSPS) is 9.78. The Labute approximate surface area is 158 Å². The SMILES string of the molecule is C#CCNC(=O)c1ccccc1NC(=O)CCNC(=O)c1ccccc1C. The number of para-hydroxylation sites is 1. The third-order valence-corrected chi connectivity index (χ3v) is 3.82. The van der Waals surface area contributed by atoms with Crippen LogP contribution < -0.4 is 16.0 Å². The van der Waals surface area contributed by atoms with Crippen LogP contribution in [0.2, 0.25) is 0 Å². The van der Waals surface area contributed by atoms with E-state index in [2.05, 4.69) is 21.9 Å². The Balaban J connectivity index is 1.89. The Bertz CT molecular complexity index is 884. The van der Waals surface area contributed by atoms with Crippen LogP contribution in [0.1, 0.15) is 32.7 Å². The molecule has 0 spiro atoms. The van der Waals surface area contributed by atoms with Gasteiger partial charge in [0.05, 0.1) is 17.8 Å². The third kappa shape index (κ3) is 5.72. The number of anilines is 1. The molecule has 6 heteroatoms. The summed E-state index contributed by atoms with van der Waals surface area (Å²) < 4.78 is 0. The summed E-state index contributed by atoms with van der Waals surface area (Å²) in [4.78, 5) is 36.4. The summed E-state index contributed by atoms with van der Waals surface area (Å²) in [6, 6.07) is 13.9. The number of carbonyl (C=O) groups is 3. The van der Waals surface area contributed by atoms with Gasteiger partial charge in [-0.1, -0.05) is 36.3 Å². The van der Waals surface area contributed by atoms with Gasteiger partial charge in [-0.2, -0.15) is 0 Å². The van der Waals surface area contributed by atoms with E-state index in [9.17, 15) is 14.4 Å². The molecule has 2 rings (SSSR count). The molecule has 0 bridgehead atoms. The molecule has 2 aromatic rings. The van der Waals surface area contributed by atoms with E-state index in [1.165, 1.54) is 0 Å². The Morgan fingerprint density at radius 3 is 2.26 bits per heavy atom. The first-order valence-electron chi connectivity index (χ1n) is 8.47. The highest BCUT2D eigenvalue weighted by Gasteiger charge is 2.13. The van der Waals surface area contributed by atoms with Gasteiger partial charge in [-0.25, -0.2) is 0 Å². The molecule has 0 unspecified atom stereocenters. The number of hydrogen-bond donors (Lipinski definition) is 3. The standard InChI is InChI=1S/C21H21N3O3/c1-3-13-22-21(27)17-10-6-7-11-18(17)24-19(25)12-14-23-20(26)16-9-5-4-8-15(16)2/h1,4-11H,12-14H2,2H3,(H,22,27)(H,23,26)(H,24,25). The highest BCUT2D eigenvalue weighted by Crippen LogP contribution is 2.15. The van der Waals surface area contributed by atoms with Gasteiger partial charge in [-0.15, -0.1) is 6.42 Å². The molecule has 0 aliphatic rings. The van der Waals surface area contributed by atoms with Crippen molar-refractivity contribution in [1.82, 2.24) is 10.6 Å². The Kier molecular flexibility index (Phi) is 7.15. The molecule has 0 heterocycles. The largest absolute Gasteiger partial charge is 0.352 e. The zero-order chi connectivity index (χ0) is 19.6. The topological polar surface area (TPSA) is 87.3 Å². The minimum Gasteiger partial charge on any atom is -0.352 e. The van der Waals surface area contributed by atoms with E-state index < -0.39 is 0 Å². The monoisotopic (exact) mass is 363 g/mol. The van der Waals surface area contributed by atoms with Crippen LogP contribution in [0.15, 0.2) is 48.5 Å². The van der Waals surface area contributed by atoms with Crippen molar-refractivity contribution in [3.63, 3.8) is 0 Å². The molecule has 3 N–H and O–H groups in total. The van der Waals surface area contributed by atoms with Crippen LogP contribution in [0.4, 0.5) is 5.69 Å². The van der Waals surface area contributed by atoms with Crippen LogP contribution in [-0.2, 0) is 4.79 Å². The van der Waals surface area contributed by atoms with E-state index in [4.69, 9.17) is 6.42 Å². The number of hydrogen-bond acceptors (Lipinski definition) is 3. The zero-order valence-electron chi connectivity index (χ0n) is 15.0. The summed E-state index contributed by atoms with van der Waals surface area (Å²) >= 11 is 0. The Morgan fingerprint density at radius 2 is 1.56 bits per heavy atom. The molecule has 27 heavy (non-hydrogen) atoms. The predicted molar refractivity (Wildman–Crippen MR) is 104 cm³/mol. The summed E-state index contributed by atoms with van der Waals surface area (Å²) in [6.07, 6.45) is 5.22. The second-order valence-electron chi connectivity index (χ2n) is 5.80. The van der Waals surface area contributed by atoms with E-state index in [1.807, 2.05) is 19.1 Å². The first-order valence-corrected chi connectivity index (χ1v) is 8.47. The van der Waals surface area contributed by atoms with E-state index in [-0.39, 0.29) is 37.2 Å². The van der Waals surface area contributed by atoms with Crippen molar-refractivity contribution >= 4 is 23.4 Å². The van der Waals surface area contributed by atoms with Crippen molar-refractivity contribution in [3.05, 3.63) is 65.2 Å². The molecule has 0 aliphatic heterocycles. The Morgan fingerprint density at radius 1 is 0.926 bits per heavy atom. The van der Waals surface area contributed by atoms with Crippen LogP contribution in [0.5, 0.6) is 0 Å². The van der Waals surface area contributed by atoms with Gasteiger partial charge in [0, 0.05) is 18.5 Å². The molecule has 2 aromatic carbocycles. The number of nitrogens with one attached hydrogen (secondary N) is 3. The molecule has 6 nitrogen and oxygen atoms in total. The molecule has 0 aliphatic carbocycles. The maximum Gasteiger partial charge on any atom is 0.254 e. The zero-order valence-corrected chi connectivity index (χ0v) is 15.0. The lowest BCUT2D eigenvalue weighted by Gasteiger charge is -2.11. The first-order chi connectivity index (χ1) is 13.0. The molecular weight excluding hydrogens is 342 g/mol. The fourth-order valence-corrected chi connectivity index (χ4v) is 2.44. The Hall–Kier alpha value is -3.59. The molecule has 0 saturated carbocycles. The average molecular weight is 363 g/mol. The predicted octanol–water partition coefficient (Wildman–Crippen LogP) is 2.12. The quantitative estimate of drug-likeness (QED) is 0.659.